The van der Waals surface area contributed by atoms with Crippen molar-refractivity contribution < 1.29 is 12.9 Å². The van der Waals surface area contributed by atoms with Crippen LogP contribution in [0.5, 0.6) is 0 Å². The fourth-order valence-corrected chi connectivity index (χ4v) is 1.45. The van der Waals surface area contributed by atoms with Gasteiger partial charge in [-0.2, -0.15) is 4.21 Å². The maximum atomic E-state index is 10.4. The molecule has 2 unspecified atom stereocenters. The number of hydrogen-bond donors (Lipinski definition) is 1. The SMILES string of the molecule is Cc1ncccc1C(C)OS(=O)O. The number of aryl methyl sites for hydroxylation is 1. The summed E-state index contributed by atoms with van der Waals surface area (Å²) in [5.41, 5.74) is 1.63. The largest absolute Gasteiger partial charge is 0.302 e. The van der Waals surface area contributed by atoms with Crippen LogP contribution in [0.4, 0.5) is 0 Å². The Labute approximate surface area is 79.4 Å². The van der Waals surface area contributed by atoms with Crippen molar-refractivity contribution in [2.75, 3.05) is 0 Å². The van der Waals surface area contributed by atoms with Crippen LogP contribution in [0.3, 0.4) is 0 Å². The first-order valence-electron chi connectivity index (χ1n) is 3.80. The molecule has 1 heterocycles. The molecule has 0 spiro atoms. The van der Waals surface area contributed by atoms with E-state index >= 15 is 0 Å². The standard InChI is InChI=1S/C8H11NO3S/c1-6-8(4-3-5-9-6)7(2)12-13(10)11/h3-5,7H,1-2H3,(H,10,11). The first-order valence-corrected chi connectivity index (χ1v) is 4.84. The highest BCUT2D eigenvalue weighted by Gasteiger charge is 2.11. The molecule has 13 heavy (non-hydrogen) atoms. The topological polar surface area (TPSA) is 59.4 Å². The Kier molecular flexibility index (Phi) is 3.53. The highest BCUT2D eigenvalue weighted by atomic mass is 32.2. The summed E-state index contributed by atoms with van der Waals surface area (Å²) in [5, 5.41) is 0. The van der Waals surface area contributed by atoms with Gasteiger partial charge in [0.05, 0.1) is 0 Å². The fourth-order valence-electron chi connectivity index (χ4n) is 1.10. The summed E-state index contributed by atoms with van der Waals surface area (Å²) in [5.74, 6) is 0. The van der Waals surface area contributed by atoms with Crippen LogP contribution in [0.25, 0.3) is 0 Å². The van der Waals surface area contributed by atoms with Gasteiger partial charge in [-0.1, -0.05) is 6.07 Å². The van der Waals surface area contributed by atoms with Crippen LogP contribution in [0.2, 0.25) is 0 Å². The molecule has 0 amide bonds. The smallest absolute Gasteiger partial charge is 0.284 e. The van der Waals surface area contributed by atoms with Crippen molar-refractivity contribution in [1.82, 2.24) is 4.98 Å². The lowest BCUT2D eigenvalue weighted by Gasteiger charge is -2.11. The molecule has 1 aromatic heterocycles. The summed E-state index contributed by atoms with van der Waals surface area (Å²) in [6.45, 7) is 3.54. The van der Waals surface area contributed by atoms with Gasteiger partial charge < -0.3 is 0 Å². The molecule has 1 aromatic rings. The number of aromatic nitrogens is 1. The van der Waals surface area contributed by atoms with Crippen molar-refractivity contribution in [3.05, 3.63) is 29.6 Å². The second-order valence-corrected chi connectivity index (χ2v) is 3.26. The van der Waals surface area contributed by atoms with Gasteiger partial charge in [0.1, 0.15) is 6.10 Å². The van der Waals surface area contributed by atoms with Crippen LogP contribution < -0.4 is 0 Å². The fraction of sp³-hybridized carbons (Fsp3) is 0.375. The van der Waals surface area contributed by atoms with Crippen molar-refractivity contribution in [3.63, 3.8) is 0 Å². The van der Waals surface area contributed by atoms with Gasteiger partial charge in [0.25, 0.3) is 0 Å². The van der Waals surface area contributed by atoms with Gasteiger partial charge in [0.15, 0.2) is 0 Å². The van der Waals surface area contributed by atoms with Crippen LogP contribution in [0.1, 0.15) is 24.3 Å². The van der Waals surface area contributed by atoms with E-state index in [0.717, 1.165) is 11.3 Å². The monoisotopic (exact) mass is 201 g/mol. The second-order valence-electron chi connectivity index (χ2n) is 2.63. The first kappa shape index (κ1) is 10.3. The summed E-state index contributed by atoms with van der Waals surface area (Å²) in [6.07, 6.45) is 1.25. The minimum atomic E-state index is -2.23. The van der Waals surface area contributed by atoms with Gasteiger partial charge in [-0.25, -0.2) is 0 Å². The molecule has 1 rings (SSSR count). The zero-order chi connectivity index (χ0) is 9.84. The third-order valence-corrected chi connectivity index (χ3v) is 2.17. The minimum absolute atomic E-state index is 0.417. The Morgan fingerprint density at radius 1 is 1.69 bits per heavy atom. The summed E-state index contributed by atoms with van der Waals surface area (Å²) in [7, 11) is 0. The molecule has 0 aliphatic heterocycles. The predicted octanol–water partition coefficient (Wildman–Crippen LogP) is 1.60. The molecule has 0 aromatic carbocycles. The third-order valence-electron chi connectivity index (χ3n) is 1.71. The minimum Gasteiger partial charge on any atom is -0.284 e. The van der Waals surface area contributed by atoms with Crippen molar-refractivity contribution in [3.8, 4) is 0 Å². The quantitative estimate of drug-likeness (QED) is 0.755. The van der Waals surface area contributed by atoms with Crippen molar-refractivity contribution in [2.24, 2.45) is 0 Å². The van der Waals surface area contributed by atoms with E-state index in [0.29, 0.717) is 0 Å². The van der Waals surface area contributed by atoms with Gasteiger partial charge >= 0.3 is 11.4 Å². The van der Waals surface area contributed by atoms with Gasteiger partial charge in [-0.15, -0.1) is 0 Å². The van der Waals surface area contributed by atoms with Crippen LogP contribution in [-0.2, 0) is 15.5 Å². The Morgan fingerprint density at radius 3 is 2.92 bits per heavy atom. The van der Waals surface area contributed by atoms with Crippen LogP contribution in [-0.4, -0.2) is 13.7 Å². The van der Waals surface area contributed by atoms with Crippen LogP contribution in [0.15, 0.2) is 18.3 Å². The van der Waals surface area contributed by atoms with Crippen LogP contribution in [0, 0.1) is 6.92 Å². The first-order chi connectivity index (χ1) is 6.11. The molecule has 1 N–H and O–H groups in total. The second kappa shape index (κ2) is 4.45. The lowest BCUT2D eigenvalue weighted by atomic mass is 10.1. The lowest BCUT2D eigenvalue weighted by molar-refractivity contribution is 0.226. The zero-order valence-corrected chi connectivity index (χ0v) is 8.25. The van der Waals surface area contributed by atoms with Gasteiger partial charge in [0.2, 0.25) is 0 Å². The van der Waals surface area contributed by atoms with Gasteiger partial charge in [-0.3, -0.25) is 13.7 Å². The Balaban J connectivity index is 2.82. The number of hydrogen-bond acceptors (Lipinski definition) is 3. The van der Waals surface area contributed by atoms with Crippen LogP contribution >= 0.6 is 0 Å². The molecule has 0 radical (unpaired) electrons. The van der Waals surface area contributed by atoms with Crippen molar-refractivity contribution in [2.45, 2.75) is 20.0 Å². The average molecular weight is 201 g/mol. The lowest BCUT2D eigenvalue weighted by Crippen LogP contribution is -2.04. The molecule has 0 saturated carbocycles. The van der Waals surface area contributed by atoms with Crippen molar-refractivity contribution >= 4 is 11.4 Å². The predicted molar refractivity (Wildman–Crippen MR) is 49.2 cm³/mol. The molecule has 4 nitrogen and oxygen atoms in total. The molecule has 5 heteroatoms. The Morgan fingerprint density at radius 2 is 2.38 bits per heavy atom. The Bertz CT molecular complexity index is 316. The molecule has 0 saturated heterocycles. The normalized spacial score (nSPS) is 15.3. The maximum Gasteiger partial charge on any atom is 0.302 e. The molecule has 72 valence electrons. The molecular formula is C8H11NO3S. The van der Waals surface area contributed by atoms with E-state index in [1.54, 1.807) is 19.2 Å². The average Bonchev–Trinajstić information content (AvgIpc) is 2.03. The summed E-state index contributed by atoms with van der Waals surface area (Å²) in [6, 6.07) is 3.59. The summed E-state index contributed by atoms with van der Waals surface area (Å²) >= 11 is -2.23. The van der Waals surface area contributed by atoms with Gasteiger partial charge in [-0.05, 0) is 19.9 Å². The van der Waals surface area contributed by atoms with E-state index in [2.05, 4.69) is 4.98 Å². The van der Waals surface area contributed by atoms with Gasteiger partial charge in [0, 0.05) is 17.5 Å². The van der Waals surface area contributed by atoms with E-state index in [4.69, 9.17) is 8.74 Å². The number of pyridine rings is 1. The number of rotatable bonds is 3. The van der Waals surface area contributed by atoms with E-state index in [9.17, 15) is 4.21 Å². The van der Waals surface area contributed by atoms with E-state index < -0.39 is 17.5 Å². The van der Waals surface area contributed by atoms with Crippen molar-refractivity contribution in [1.29, 1.82) is 0 Å². The summed E-state index contributed by atoms with van der Waals surface area (Å²) < 4.78 is 23.6. The highest BCUT2D eigenvalue weighted by Crippen LogP contribution is 2.19. The zero-order valence-electron chi connectivity index (χ0n) is 7.43. The molecule has 2 atom stereocenters. The Hall–Kier alpha value is -0.780. The maximum absolute atomic E-state index is 10.4. The highest BCUT2D eigenvalue weighted by molar-refractivity contribution is 7.74. The third kappa shape index (κ3) is 2.87. The van der Waals surface area contributed by atoms with E-state index in [1.165, 1.54) is 0 Å². The molecule has 0 fully saturated rings. The molecule has 0 aliphatic carbocycles. The van der Waals surface area contributed by atoms with E-state index in [-0.39, 0.29) is 0 Å². The number of nitrogens with zero attached hydrogens (tertiary/aromatic N) is 1. The van der Waals surface area contributed by atoms with E-state index in [1.807, 2.05) is 13.0 Å². The molecule has 0 aliphatic rings. The molecule has 0 bridgehead atoms. The summed E-state index contributed by atoms with van der Waals surface area (Å²) in [4.78, 5) is 4.05. The molecular weight excluding hydrogens is 190 g/mol.